The summed E-state index contributed by atoms with van der Waals surface area (Å²) >= 11 is 3.55. The van der Waals surface area contributed by atoms with E-state index in [2.05, 4.69) is 74.0 Å². The minimum atomic E-state index is 0.602. The second-order valence-corrected chi connectivity index (χ2v) is 5.91. The molecule has 94 valence electrons. The number of halogens is 1. The molecule has 0 N–H and O–H groups in total. The average molecular weight is 295 g/mol. The Labute approximate surface area is 114 Å². The van der Waals surface area contributed by atoms with Crippen molar-refractivity contribution >= 4 is 22.0 Å². The maximum atomic E-state index is 3.55. The van der Waals surface area contributed by atoms with Gasteiger partial charge in [0.05, 0.1) is 0 Å². The fourth-order valence-electron chi connectivity index (χ4n) is 1.79. The third-order valence-electron chi connectivity index (χ3n) is 2.87. The number of allylic oxidation sites excluding steroid dienone is 1. The van der Waals surface area contributed by atoms with Crippen LogP contribution in [-0.4, -0.2) is 5.33 Å². The Morgan fingerprint density at radius 2 is 1.71 bits per heavy atom. The summed E-state index contributed by atoms with van der Waals surface area (Å²) in [7, 11) is 0. The minimum Gasteiger partial charge on any atom is -0.0880 e. The molecule has 0 saturated carbocycles. The number of hydrogen-bond acceptors (Lipinski definition) is 0. The van der Waals surface area contributed by atoms with Gasteiger partial charge in [-0.25, -0.2) is 0 Å². The molecule has 0 bridgehead atoms. The van der Waals surface area contributed by atoms with Gasteiger partial charge in [0, 0.05) is 5.33 Å². The Morgan fingerprint density at radius 3 is 2.12 bits per heavy atom. The standard InChI is InChI=1S/C16H23Br/c1-12(2)9-14-5-7-15(8-6-14)10-16(11-17)13(3)4/h5-8,10,12-13H,9,11H2,1-4H3. The molecular formula is C16H23Br. The monoisotopic (exact) mass is 294 g/mol. The molecule has 1 aromatic rings. The van der Waals surface area contributed by atoms with Crippen LogP contribution in [0.15, 0.2) is 29.8 Å². The molecule has 0 aromatic heterocycles. The predicted molar refractivity (Wildman–Crippen MR) is 81.6 cm³/mol. The molecule has 0 unspecified atom stereocenters. The van der Waals surface area contributed by atoms with Crippen LogP contribution in [0.4, 0.5) is 0 Å². The van der Waals surface area contributed by atoms with Crippen LogP contribution in [0.3, 0.4) is 0 Å². The quantitative estimate of drug-likeness (QED) is 0.645. The molecule has 0 aliphatic rings. The van der Waals surface area contributed by atoms with Gasteiger partial charge >= 0.3 is 0 Å². The summed E-state index contributed by atoms with van der Waals surface area (Å²) in [5.41, 5.74) is 4.18. The molecule has 0 heterocycles. The van der Waals surface area contributed by atoms with Gasteiger partial charge in [-0.2, -0.15) is 0 Å². The first-order valence-electron chi connectivity index (χ1n) is 6.38. The van der Waals surface area contributed by atoms with Crippen LogP contribution in [-0.2, 0) is 6.42 Å². The Kier molecular flexibility index (Phi) is 5.97. The summed E-state index contributed by atoms with van der Waals surface area (Å²) < 4.78 is 0. The Morgan fingerprint density at radius 1 is 1.12 bits per heavy atom. The zero-order chi connectivity index (χ0) is 12.8. The Bertz CT molecular complexity index is 358. The van der Waals surface area contributed by atoms with Gasteiger partial charge < -0.3 is 0 Å². The lowest BCUT2D eigenvalue weighted by molar-refractivity contribution is 0.647. The van der Waals surface area contributed by atoms with Gasteiger partial charge in [-0.15, -0.1) is 0 Å². The maximum Gasteiger partial charge on any atom is 0.0247 e. The highest BCUT2D eigenvalue weighted by atomic mass is 79.9. The second-order valence-electron chi connectivity index (χ2n) is 5.35. The molecule has 1 rings (SSSR count). The van der Waals surface area contributed by atoms with Gasteiger partial charge in [0.25, 0.3) is 0 Å². The lowest BCUT2D eigenvalue weighted by Crippen LogP contribution is -1.96. The largest absolute Gasteiger partial charge is 0.0880 e. The third-order valence-corrected chi connectivity index (χ3v) is 3.52. The van der Waals surface area contributed by atoms with Crippen molar-refractivity contribution < 1.29 is 0 Å². The van der Waals surface area contributed by atoms with E-state index in [4.69, 9.17) is 0 Å². The van der Waals surface area contributed by atoms with E-state index in [1.807, 2.05) is 0 Å². The van der Waals surface area contributed by atoms with Crippen LogP contribution in [0, 0.1) is 11.8 Å². The van der Waals surface area contributed by atoms with E-state index in [9.17, 15) is 0 Å². The highest BCUT2D eigenvalue weighted by molar-refractivity contribution is 9.09. The lowest BCUT2D eigenvalue weighted by Gasteiger charge is -2.09. The highest BCUT2D eigenvalue weighted by Crippen LogP contribution is 2.18. The van der Waals surface area contributed by atoms with Crippen molar-refractivity contribution in [3.05, 3.63) is 41.0 Å². The fraction of sp³-hybridized carbons (Fsp3) is 0.500. The molecule has 0 spiro atoms. The second kappa shape index (κ2) is 7.00. The summed E-state index contributed by atoms with van der Waals surface area (Å²) in [6, 6.07) is 8.95. The van der Waals surface area contributed by atoms with E-state index < -0.39 is 0 Å². The van der Waals surface area contributed by atoms with Gasteiger partial charge in [0.2, 0.25) is 0 Å². The molecule has 0 aliphatic carbocycles. The van der Waals surface area contributed by atoms with Crippen LogP contribution in [0.1, 0.15) is 38.8 Å². The van der Waals surface area contributed by atoms with E-state index >= 15 is 0 Å². The van der Waals surface area contributed by atoms with Crippen molar-refractivity contribution in [2.24, 2.45) is 11.8 Å². The topological polar surface area (TPSA) is 0 Å². The molecule has 1 heteroatoms. The summed E-state index contributed by atoms with van der Waals surface area (Å²) in [5, 5.41) is 0.957. The van der Waals surface area contributed by atoms with Crippen LogP contribution in [0.5, 0.6) is 0 Å². The van der Waals surface area contributed by atoms with Crippen LogP contribution in [0.25, 0.3) is 6.08 Å². The van der Waals surface area contributed by atoms with Gasteiger partial charge in [-0.1, -0.05) is 79.5 Å². The molecule has 0 fully saturated rings. The molecule has 0 nitrogen and oxygen atoms in total. The van der Waals surface area contributed by atoms with Gasteiger partial charge in [0.1, 0.15) is 0 Å². The lowest BCUT2D eigenvalue weighted by atomic mass is 9.99. The number of alkyl halides is 1. The van der Waals surface area contributed by atoms with E-state index in [-0.39, 0.29) is 0 Å². The van der Waals surface area contributed by atoms with Crippen LogP contribution in [0.2, 0.25) is 0 Å². The number of benzene rings is 1. The van der Waals surface area contributed by atoms with E-state index in [1.165, 1.54) is 23.1 Å². The van der Waals surface area contributed by atoms with Crippen molar-refractivity contribution in [3.63, 3.8) is 0 Å². The highest BCUT2D eigenvalue weighted by Gasteiger charge is 2.02. The zero-order valence-electron chi connectivity index (χ0n) is 11.3. The number of rotatable bonds is 5. The van der Waals surface area contributed by atoms with Crippen molar-refractivity contribution in [1.29, 1.82) is 0 Å². The molecular weight excluding hydrogens is 272 g/mol. The first-order valence-corrected chi connectivity index (χ1v) is 7.50. The predicted octanol–water partition coefficient (Wildman–Crippen LogP) is 5.32. The first kappa shape index (κ1) is 14.5. The average Bonchev–Trinajstić information content (AvgIpc) is 2.26. The molecule has 17 heavy (non-hydrogen) atoms. The minimum absolute atomic E-state index is 0.602. The molecule has 0 aliphatic heterocycles. The maximum absolute atomic E-state index is 3.55. The third kappa shape index (κ3) is 5.08. The van der Waals surface area contributed by atoms with Gasteiger partial charge in [-0.05, 0) is 29.4 Å². The molecule has 0 radical (unpaired) electrons. The molecule has 1 aromatic carbocycles. The van der Waals surface area contributed by atoms with Crippen molar-refractivity contribution in [2.45, 2.75) is 34.1 Å². The van der Waals surface area contributed by atoms with E-state index in [0.717, 1.165) is 11.2 Å². The summed E-state index contributed by atoms with van der Waals surface area (Å²) in [4.78, 5) is 0. The molecule has 0 atom stereocenters. The zero-order valence-corrected chi connectivity index (χ0v) is 12.9. The summed E-state index contributed by atoms with van der Waals surface area (Å²) in [6.07, 6.45) is 3.46. The number of hydrogen-bond donors (Lipinski definition) is 0. The first-order chi connectivity index (χ1) is 8.02. The molecule has 0 saturated heterocycles. The van der Waals surface area contributed by atoms with Crippen molar-refractivity contribution in [3.8, 4) is 0 Å². The van der Waals surface area contributed by atoms with Gasteiger partial charge in [-0.3, -0.25) is 0 Å². The van der Waals surface area contributed by atoms with Crippen molar-refractivity contribution in [2.75, 3.05) is 5.33 Å². The smallest absolute Gasteiger partial charge is 0.0247 e. The van der Waals surface area contributed by atoms with Crippen molar-refractivity contribution in [1.82, 2.24) is 0 Å². The normalized spacial score (nSPS) is 12.5. The van der Waals surface area contributed by atoms with E-state index in [0.29, 0.717) is 5.92 Å². The van der Waals surface area contributed by atoms with Gasteiger partial charge in [0.15, 0.2) is 0 Å². The van der Waals surface area contributed by atoms with E-state index in [1.54, 1.807) is 0 Å². The SMILES string of the molecule is CC(C)Cc1ccc(C=C(CBr)C(C)C)cc1. The summed E-state index contributed by atoms with van der Waals surface area (Å²) in [5.74, 6) is 1.33. The Hall–Kier alpha value is -0.560. The Balaban J connectivity index is 2.80. The molecule has 0 amide bonds. The fourth-order valence-corrected chi connectivity index (χ4v) is 2.60. The van der Waals surface area contributed by atoms with Crippen LogP contribution < -0.4 is 0 Å². The summed E-state index contributed by atoms with van der Waals surface area (Å²) in [6.45, 7) is 8.99. The van der Waals surface area contributed by atoms with Crippen LogP contribution >= 0.6 is 15.9 Å².